The predicted octanol–water partition coefficient (Wildman–Crippen LogP) is 2.41. The van der Waals surface area contributed by atoms with Gasteiger partial charge in [0.25, 0.3) is 0 Å². The molecule has 0 atom stereocenters. The van der Waals surface area contributed by atoms with E-state index in [9.17, 15) is 25.0 Å². The van der Waals surface area contributed by atoms with Crippen molar-refractivity contribution >= 4 is 35.3 Å². The maximum atomic E-state index is 11.2. The molecule has 14 nitrogen and oxygen atoms in total. The molecule has 1 N–H and O–H groups in total. The van der Waals surface area contributed by atoms with Crippen molar-refractivity contribution in [3.8, 4) is 0 Å². The van der Waals surface area contributed by atoms with Gasteiger partial charge in [0.1, 0.15) is 10.3 Å². The highest BCUT2D eigenvalue weighted by Gasteiger charge is 2.29. The molecule has 0 aromatic carbocycles. The van der Waals surface area contributed by atoms with Crippen LogP contribution in [0.4, 0.5) is 0 Å². The lowest BCUT2D eigenvalue weighted by atomic mass is 10.2. The minimum atomic E-state index is -0.687. The first-order valence-electron chi connectivity index (χ1n) is 11.9. The minimum Gasteiger partial charge on any atom is -0.378 e. The Bertz CT molecular complexity index is 1320. The number of pyridine rings is 2. The summed E-state index contributed by atoms with van der Waals surface area (Å²) in [4.78, 5) is 49.2. The van der Waals surface area contributed by atoms with Crippen LogP contribution in [0.2, 0.25) is 10.3 Å². The Labute approximate surface area is 239 Å². The van der Waals surface area contributed by atoms with Crippen molar-refractivity contribution in [2.75, 3.05) is 40.3 Å². The molecular weight excluding hydrogens is 565 g/mol. The van der Waals surface area contributed by atoms with Gasteiger partial charge >= 0.3 is 11.4 Å². The molecule has 16 heteroatoms. The molecule has 0 radical (unpaired) electrons. The van der Waals surface area contributed by atoms with Crippen LogP contribution in [0.15, 0.2) is 65.1 Å². The fourth-order valence-corrected chi connectivity index (χ4v) is 4.10. The van der Waals surface area contributed by atoms with Crippen LogP contribution in [0.25, 0.3) is 0 Å². The van der Waals surface area contributed by atoms with E-state index < -0.39 is 15.5 Å². The molecule has 40 heavy (non-hydrogen) atoms. The zero-order valence-corrected chi connectivity index (χ0v) is 23.2. The summed E-state index contributed by atoms with van der Waals surface area (Å²) in [6.45, 7) is 3.29. The number of allylic oxidation sites excluding steroid dienone is 1. The van der Waals surface area contributed by atoms with E-state index in [1.165, 1.54) is 6.20 Å². The van der Waals surface area contributed by atoms with Crippen LogP contribution in [-0.4, -0.2) is 86.9 Å². The summed E-state index contributed by atoms with van der Waals surface area (Å²) in [7, 11) is 3.49. The van der Waals surface area contributed by atoms with E-state index in [2.05, 4.69) is 20.3 Å². The Kier molecular flexibility index (Phi) is 10.7. The average Bonchev–Trinajstić information content (AvgIpc) is 3.55. The Balaban J connectivity index is 0.000000222. The summed E-state index contributed by atoms with van der Waals surface area (Å²) in [5.41, 5.74) is 1.33. The van der Waals surface area contributed by atoms with Crippen molar-refractivity contribution in [1.29, 1.82) is 0 Å². The Morgan fingerprint density at radius 2 is 1.60 bits per heavy atom. The van der Waals surface area contributed by atoms with Crippen LogP contribution in [0.1, 0.15) is 11.1 Å². The van der Waals surface area contributed by atoms with Crippen molar-refractivity contribution in [2.24, 2.45) is 4.99 Å². The lowest BCUT2D eigenvalue weighted by Gasteiger charge is -2.19. The summed E-state index contributed by atoms with van der Waals surface area (Å²) >= 11 is 11.4. The fourth-order valence-electron chi connectivity index (χ4n) is 3.88. The number of halogens is 2. The molecular formula is C24H27Cl2N9O5. The van der Waals surface area contributed by atoms with Crippen LogP contribution in [-0.2, 0) is 17.9 Å². The predicted molar refractivity (Wildman–Crippen MR) is 148 cm³/mol. The SMILES string of the molecule is CN(C)/C=C(\C1=NCCN1Cc1ccc(Cl)nc1)[N+](=O)[O-].O=C/C(=C1/NCCN1Cc1ccc(Cl)nc1)[N+](=O)[O-]. The Morgan fingerprint density at radius 1 is 1.00 bits per heavy atom. The van der Waals surface area contributed by atoms with Crippen LogP contribution >= 0.6 is 23.2 Å². The highest BCUT2D eigenvalue weighted by molar-refractivity contribution is 6.29. The minimum absolute atomic E-state index is 0.000535. The lowest BCUT2D eigenvalue weighted by molar-refractivity contribution is -0.419. The van der Waals surface area contributed by atoms with Gasteiger partial charge in [-0.25, -0.2) is 9.97 Å². The summed E-state index contributed by atoms with van der Waals surface area (Å²) in [5.74, 6) is 0.651. The summed E-state index contributed by atoms with van der Waals surface area (Å²) in [6, 6.07) is 7.00. The molecule has 212 valence electrons. The van der Waals surface area contributed by atoms with Gasteiger partial charge in [0, 0.05) is 59.2 Å². The molecule has 1 saturated heterocycles. The van der Waals surface area contributed by atoms with Gasteiger partial charge in [-0.2, -0.15) is 0 Å². The summed E-state index contributed by atoms with van der Waals surface area (Å²) in [5, 5.41) is 25.7. The van der Waals surface area contributed by atoms with Crippen LogP contribution in [0, 0.1) is 20.2 Å². The monoisotopic (exact) mass is 591 g/mol. The molecule has 0 aliphatic carbocycles. The number of carbonyl (C=O) groups excluding carboxylic acids is 1. The number of aliphatic imine (C=N–C) groups is 1. The van der Waals surface area contributed by atoms with Gasteiger partial charge in [-0.3, -0.25) is 30.0 Å². The average molecular weight is 592 g/mol. The van der Waals surface area contributed by atoms with Gasteiger partial charge in [-0.05, 0) is 23.3 Å². The first-order valence-corrected chi connectivity index (χ1v) is 12.7. The largest absolute Gasteiger partial charge is 0.378 e. The summed E-state index contributed by atoms with van der Waals surface area (Å²) in [6.07, 6.45) is 4.99. The zero-order chi connectivity index (χ0) is 29.2. The van der Waals surface area contributed by atoms with Crippen LogP contribution in [0.3, 0.4) is 0 Å². The highest BCUT2D eigenvalue weighted by atomic mass is 35.5. The van der Waals surface area contributed by atoms with Gasteiger partial charge in [0.2, 0.25) is 12.1 Å². The first kappa shape index (κ1) is 30.2. The van der Waals surface area contributed by atoms with Gasteiger partial charge in [0.15, 0.2) is 5.82 Å². The second kappa shape index (κ2) is 14.2. The quantitative estimate of drug-likeness (QED) is 0.150. The number of rotatable bonds is 9. The maximum Gasteiger partial charge on any atom is 0.348 e. The maximum absolute atomic E-state index is 11.2. The van der Waals surface area contributed by atoms with E-state index >= 15 is 0 Å². The lowest BCUT2D eigenvalue weighted by Crippen LogP contribution is -2.31. The third-order valence-corrected chi connectivity index (χ3v) is 6.05. The van der Waals surface area contributed by atoms with E-state index in [0.717, 1.165) is 11.1 Å². The van der Waals surface area contributed by atoms with Crippen LogP contribution < -0.4 is 5.32 Å². The number of nitro groups is 2. The number of amidine groups is 1. The molecule has 0 spiro atoms. The molecule has 0 amide bonds. The fraction of sp³-hybridized carbons (Fsp3) is 0.333. The van der Waals surface area contributed by atoms with Gasteiger partial charge in [-0.1, -0.05) is 35.3 Å². The van der Waals surface area contributed by atoms with Gasteiger partial charge in [-0.15, -0.1) is 0 Å². The molecule has 4 rings (SSSR count). The van der Waals surface area contributed by atoms with Crippen molar-refractivity contribution in [3.63, 3.8) is 0 Å². The molecule has 0 unspecified atom stereocenters. The van der Waals surface area contributed by atoms with Crippen molar-refractivity contribution in [1.82, 2.24) is 30.0 Å². The number of aromatic nitrogens is 2. The zero-order valence-electron chi connectivity index (χ0n) is 21.7. The Hall–Kier alpha value is -4.30. The molecule has 2 aromatic heterocycles. The number of hydrogen-bond donors (Lipinski definition) is 1. The van der Waals surface area contributed by atoms with E-state index in [-0.39, 0.29) is 17.8 Å². The topological polar surface area (TPSA) is 163 Å². The van der Waals surface area contributed by atoms with Gasteiger partial charge < -0.3 is 20.0 Å². The molecule has 1 fully saturated rings. The van der Waals surface area contributed by atoms with E-state index in [4.69, 9.17) is 23.2 Å². The van der Waals surface area contributed by atoms with E-state index in [1.807, 2.05) is 11.0 Å². The second-order valence-corrected chi connectivity index (χ2v) is 9.57. The molecule has 2 aromatic rings. The van der Waals surface area contributed by atoms with Crippen molar-refractivity contribution in [3.05, 3.63) is 102 Å². The smallest absolute Gasteiger partial charge is 0.348 e. The summed E-state index contributed by atoms with van der Waals surface area (Å²) < 4.78 is 0. The van der Waals surface area contributed by atoms with E-state index in [1.54, 1.807) is 54.5 Å². The Morgan fingerprint density at radius 3 is 2.08 bits per heavy atom. The highest BCUT2D eigenvalue weighted by Crippen LogP contribution is 2.17. The number of nitrogens with one attached hydrogen (secondary N) is 1. The number of hydrogen-bond acceptors (Lipinski definition) is 12. The molecule has 2 aliphatic heterocycles. The molecule has 0 bridgehead atoms. The van der Waals surface area contributed by atoms with E-state index in [0.29, 0.717) is 55.4 Å². The third kappa shape index (κ3) is 8.35. The second-order valence-electron chi connectivity index (χ2n) is 8.80. The first-order chi connectivity index (χ1) is 19.1. The normalized spacial score (nSPS) is 16.0. The number of aldehydes is 1. The number of nitrogens with zero attached hydrogens (tertiary/aromatic N) is 8. The van der Waals surface area contributed by atoms with Crippen molar-refractivity contribution in [2.45, 2.75) is 13.1 Å². The number of carbonyl (C=O) groups is 1. The van der Waals surface area contributed by atoms with Gasteiger partial charge in [0.05, 0.1) is 22.6 Å². The van der Waals surface area contributed by atoms with Crippen molar-refractivity contribution < 1.29 is 14.6 Å². The molecule has 2 aliphatic rings. The third-order valence-electron chi connectivity index (χ3n) is 5.60. The molecule has 0 saturated carbocycles. The van der Waals surface area contributed by atoms with Crippen LogP contribution in [0.5, 0.6) is 0 Å². The standard InChI is InChI=1S/C13H16ClN5O2.C11H11ClN4O3/c1-17(2)9-11(19(20)21)13-15-5-6-18(13)8-10-3-4-12(14)16-7-10;12-10-2-1-8(5-14-10)6-15-4-3-13-11(15)9(7-17)16(18)19/h3-4,7,9H,5-6,8H2,1-2H3;1-2,5,7,13H,3-4,6H2/b2*11-9+. The molecule has 4 heterocycles.